The Hall–Kier alpha value is -3.07. The van der Waals surface area contributed by atoms with Crippen LogP contribution < -0.4 is 15.4 Å². The second kappa shape index (κ2) is 11.9. The summed E-state index contributed by atoms with van der Waals surface area (Å²) in [5.74, 6) is 0.560. The predicted molar refractivity (Wildman–Crippen MR) is 122 cm³/mol. The van der Waals surface area contributed by atoms with Gasteiger partial charge in [0.1, 0.15) is 18.4 Å². The van der Waals surface area contributed by atoms with Crippen LogP contribution >= 0.6 is 11.8 Å². The summed E-state index contributed by atoms with van der Waals surface area (Å²) in [4.78, 5) is 35.5. The smallest absolute Gasteiger partial charge is 0.270 e. The van der Waals surface area contributed by atoms with Gasteiger partial charge in [0.25, 0.3) is 11.6 Å². The third kappa shape index (κ3) is 7.93. The lowest BCUT2D eigenvalue weighted by atomic mass is 10.1. The van der Waals surface area contributed by atoms with Crippen molar-refractivity contribution in [3.8, 4) is 5.75 Å². The van der Waals surface area contributed by atoms with Crippen LogP contribution in [0.3, 0.4) is 0 Å². The Balaban J connectivity index is 1.92. The van der Waals surface area contributed by atoms with E-state index in [1.807, 2.05) is 32.2 Å². The molecule has 0 aromatic heterocycles. The zero-order valence-corrected chi connectivity index (χ0v) is 18.7. The number of hydrogen-bond donors (Lipinski definition) is 2. The van der Waals surface area contributed by atoms with Crippen molar-refractivity contribution < 1.29 is 19.2 Å². The van der Waals surface area contributed by atoms with Gasteiger partial charge in [-0.2, -0.15) is 11.8 Å². The number of nitrogens with one attached hydrogen (secondary N) is 2. The molecule has 8 nitrogen and oxygen atoms in total. The van der Waals surface area contributed by atoms with E-state index in [0.29, 0.717) is 18.8 Å². The van der Waals surface area contributed by atoms with Gasteiger partial charge in [0.05, 0.1) is 11.5 Å². The molecular weight excluding hydrogens is 418 g/mol. The molecule has 0 bridgehead atoms. The molecule has 0 aliphatic heterocycles. The minimum atomic E-state index is -0.750. The highest BCUT2D eigenvalue weighted by molar-refractivity contribution is 7.98. The van der Waals surface area contributed by atoms with Crippen LogP contribution in [0, 0.1) is 24.0 Å². The number of nitrogens with zero attached hydrogens (tertiary/aromatic N) is 1. The molecule has 2 N–H and O–H groups in total. The van der Waals surface area contributed by atoms with E-state index in [4.69, 9.17) is 4.74 Å². The van der Waals surface area contributed by atoms with Gasteiger partial charge in [-0.05, 0) is 61.6 Å². The maximum absolute atomic E-state index is 12.6. The van der Waals surface area contributed by atoms with Crippen LogP contribution in [0.2, 0.25) is 0 Å². The summed E-state index contributed by atoms with van der Waals surface area (Å²) in [6.07, 6.45) is 2.35. The molecule has 0 spiro atoms. The molecule has 0 heterocycles. The number of benzene rings is 2. The molecule has 31 heavy (non-hydrogen) atoms. The van der Waals surface area contributed by atoms with Gasteiger partial charge in [-0.1, -0.05) is 12.1 Å². The molecule has 0 fully saturated rings. The minimum absolute atomic E-state index is 0.134. The van der Waals surface area contributed by atoms with Crippen LogP contribution in [0.15, 0.2) is 42.5 Å². The topological polar surface area (TPSA) is 111 Å². The number of nitro benzene ring substituents is 1. The molecule has 1 unspecified atom stereocenters. The Labute approximate surface area is 185 Å². The maximum Gasteiger partial charge on any atom is 0.270 e. The van der Waals surface area contributed by atoms with Gasteiger partial charge in [0, 0.05) is 17.7 Å². The van der Waals surface area contributed by atoms with E-state index in [2.05, 4.69) is 16.7 Å². The number of carbonyl (C=O) groups excluding carboxylic acids is 2. The Morgan fingerprint density at radius 3 is 2.52 bits per heavy atom. The fourth-order valence-corrected chi connectivity index (χ4v) is 3.46. The van der Waals surface area contributed by atoms with Crippen molar-refractivity contribution >= 4 is 29.3 Å². The van der Waals surface area contributed by atoms with Crippen molar-refractivity contribution in [2.24, 2.45) is 0 Å². The molecule has 0 aliphatic rings. The fraction of sp³-hybridized carbons (Fsp3) is 0.364. The lowest BCUT2D eigenvalue weighted by Gasteiger charge is -2.18. The number of carbonyl (C=O) groups is 2. The van der Waals surface area contributed by atoms with Gasteiger partial charge < -0.3 is 15.4 Å². The van der Waals surface area contributed by atoms with E-state index < -0.39 is 16.9 Å². The summed E-state index contributed by atoms with van der Waals surface area (Å²) in [5.41, 5.74) is 2.15. The van der Waals surface area contributed by atoms with Crippen LogP contribution in [0.1, 0.15) is 27.9 Å². The van der Waals surface area contributed by atoms with Gasteiger partial charge in [-0.15, -0.1) is 0 Å². The number of thioether (sulfide) groups is 1. The van der Waals surface area contributed by atoms with Gasteiger partial charge >= 0.3 is 0 Å². The molecule has 2 rings (SSSR count). The zero-order chi connectivity index (χ0) is 22.8. The molecule has 0 radical (unpaired) electrons. The van der Waals surface area contributed by atoms with E-state index in [0.717, 1.165) is 16.9 Å². The third-order valence-corrected chi connectivity index (χ3v) is 5.06. The van der Waals surface area contributed by atoms with Crippen LogP contribution in [0.25, 0.3) is 0 Å². The van der Waals surface area contributed by atoms with E-state index in [1.54, 1.807) is 11.8 Å². The summed E-state index contributed by atoms with van der Waals surface area (Å²) >= 11 is 1.56. The largest absolute Gasteiger partial charge is 0.492 e. The van der Waals surface area contributed by atoms with Crippen molar-refractivity contribution in [2.75, 3.05) is 25.2 Å². The first-order chi connectivity index (χ1) is 14.8. The van der Waals surface area contributed by atoms with Gasteiger partial charge in [0.2, 0.25) is 5.91 Å². The summed E-state index contributed by atoms with van der Waals surface area (Å²) in [5, 5.41) is 16.4. The van der Waals surface area contributed by atoms with E-state index in [-0.39, 0.29) is 23.7 Å². The molecule has 1 atom stereocenters. The number of hydrogen-bond acceptors (Lipinski definition) is 6. The third-order valence-electron chi connectivity index (χ3n) is 4.42. The van der Waals surface area contributed by atoms with Crippen LogP contribution in [-0.4, -0.2) is 47.9 Å². The van der Waals surface area contributed by atoms with E-state index >= 15 is 0 Å². The molecular formula is C22H27N3O5S. The first kappa shape index (κ1) is 24.2. The lowest BCUT2D eigenvalue weighted by Crippen LogP contribution is -2.47. The van der Waals surface area contributed by atoms with E-state index in [1.165, 1.54) is 24.3 Å². The Bertz CT molecular complexity index is 915. The molecule has 0 saturated carbocycles. The summed E-state index contributed by atoms with van der Waals surface area (Å²) in [6, 6.07) is 10.6. The Kier molecular flexibility index (Phi) is 9.33. The average molecular weight is 446 g/mol. The van der Waals surface area contributed by atoms with Gasteiger partial charge in [-0.25, -0.2) is 0 Å². The zero-order valence-electron chi connectivity index (χ0n) is 17.8. The molecule has 2 aromatic carbocycles. The number of ether oxygens (including phenoxy) is 1. The molecule has 0 saturated heterocycles. The molecule has 9 heteroatoms. The van der Waals surface area contributed by atoms with Crippen molar-refractivity contribution in [3.63, 3.8) is 0 Å². The fourth-order valence-electron chi connectivity index (χ4n) is 2.99. The van der Waals surface area contributed by atoms with Gasteiger partial charge in [-0.3, -0.25) is 19.7 Å². The summed E-state index contributed by atoms with van der Waals surface area (Å²) < 4.78 is 5.69. The highest BCUT2D eigenvalue weighted by atomic mass is 32.2. The number of nitro groups is 1. The second-order valence-electron chi connectivity index (χ2n) is 7.08. The Morgan fingerprint density at radius 2 is 1.87 bits per heavy atom. The molecule has 2 aromatic rings. The normalized spacial score (nSPS) is 11.5. The lowest BCUT2D eigenvalue weighted by molar-refractivity contribution is -0.384. The Morgan fingerprint density at radius 1 is 1.16 bits per heavy atom. The highest BCUT2D eigenvalue weighted by Crippen LogP contribution is 2.16. The van der Waals surface area contributed by atoms with Crippen LogP contribution in [0.4, 0.5) is 5.69 Å². The van der Waals surface area contributed by atoms with Gasteiger partial charge in [0.15, 0.2) is 0 Å². The number of non-ortho nitro benzene ring substituents is 1. The SMILES string of the molecule is CSCCC(NC(=O)c1cccc([N+](=O)[O-])c1)C(=O)NCCOc1cc(C)cc(C)c1. The quantitative estimate of drug-likeness (QED) is 0.312. The number of rotatable bonds is 11. The maximum atomic E-state index is 12.6. The van der Waals surface area contributed by atoms with Crippen molar-refractivity contribution in [3.05, 3.63) is 69.3 Å². The standard InChI is InChI=1S/C22H27N3O5S/c1-15-11-16(2)13-19(12-15)30-9-8-23-22(27)20(7-10-31-3)24-21(26)17-5-4-6-18(14-17)25(28)29/h4-6,11-14,20H,7-10H2,1-3H3,(H,23,27)(H,24,26). The van der Waals surface area contributed by atoms with Crippen molar-refractivity contribution in [1.82, 2.24) is 10.6 Å². The van der Waals surface area contributed by atoms with E-state index in [9.17, 15) is 19.7 Å². The van der Waals surface area contributed by atoms with Crippen molar-refractivity contribution in [2.45, 2.75) is 26.3 Å². The highest BCUT2D eigenvalue weighted by Gasteiger charge is 2.21. The molecule has 166 valence electrons. The van der Waals surface area contributed by atoms with Crippen molar-refractivity contribution in [1.29, 1.82) is 0 Å². The second-order valence-corrected chi connectivity index (χ2v) is 8.06. The number of aryl methyl sites for hydroxylation is 2. The summed E-state index contributed by atoms with van der Waals surface area (Å²) in [7, 11) is 0. The number of amides is 2. The minimum Gasteiger partial charge on any atom is -0.492 e. The first-order valence-corrected chi connectivity index (χ1v) is 11.2. The first-order valence-electron chi connectivity index (χ1n) is 9.83. The summed E-state index contributed by atoms with van der Waals surface area (Å²) in [6.45, 7) is 4.56. The molecule has 0 aliphatic carbocycles. The van der Waals surface area contributed by atoms with Crippen LogP contribution in [-0.2, 0) is 4.79 Å². The monoisotopic (exact) mass is 445 g/mol. The predicted octanol–water partition coefficient (Wildman–Crippen LogP) is 3.26. The van der Waals surface area contributed by atoms with Crippen LogP contribution in [0.5, 0.6) is 5.75 Å². The molecule has 2 amide bonds. The average Bonchev–Trinajstić information content (AvgIpc) is 2.73.